The molecule has 18 heavy (non-hydrogen) atoms. The molecule has 4 heteroatoms. The summed E-state index contributed by atoms with van der Waals surface area (Å²) in [5.74, 6) is 1.19. The summed E-state index contributed by atoms with van der Waals surface area (Å²) in [6.07, 6.45) is 0.958. The number of aromatic nitrogens is 1. The zero-order chi connectivity index (χ0) is 13.1. The van der Waals surface area contributed by atoms with E-state index in [0.717, 1.165) is 16.6 Å². The number of rotatable bonds is 3. The predicted octanol–water partition coefficient (Wildman–Crippen LogP) is 4.09. The highest BCUT2D eigenvalue weighted by molar-refractivity contribution is 9.10. The minimum Gasteiger partial charge on any atom is -0.437 e. The molecule has 1 heterocycles. The van der Waals surface area contributed by atoms with E-state index < -0.39 is 0 Å². The van der Waals surface area contributed by atoms with Crippen LogP contribution in [0.3, 0.4) is 0 Å². The fourth-order valence-corrected chi connectivity index (χ4v) is 1.82. The molecule has 2 aromatic rings. The van der Waals surface area contributed by atoms with Gasteiger partial charge in [0.25, 0.3) is 0 Å². The Hall–Kier alpha value is -1.55. The molecule has 2 rings (SSSR count). The Morgan fingerprint density at radius 2 is 2.06 bits per heavy atom. The van der Waals surface area contributed by atoms with Crippen LogP contribution in [0, 0.1) is 6.92 Å². The summed E-state index contributed by atoms with van der Waals surface area (Å²) in [4.78, 5) is 4.33. The SMILES string of the molecule is CCc1ccc(Oc2ccc(Br)c(C)n2)c(N)c1. The molecule has 0 saturated heterocycles. The number of hydrogen-bond donors (Lipinski definition) is 1. The standard InChI is InChI=1S/C14H15BrN2O/c1-3-10-4-6-13(12(16)8-10)18-14-7-5-11(15)9(2)17-14/h4-8H,3,16H2,1-2H3. The van der Waals surface area contributed by atoms with Crippen LogP contribution in [0.2, 0.25) is 0 Å². The van der Waals surface area contributed by atoms with Gasteiger partial charge in [-0.3, -0.25) is 0 Å². The first-order chi connectivity index (χ1) is 8.60. The van der Waals surface area contributed by atoms with Gasteiger partial charge in [-0.25, -0.2) is 4.98 Å². The molecule has 0 bridgehead atoms. The lowest BCUT2D eigenvalue weighted by Crippen LogP contribution is -1.96. The first-order valence-electron chi connectivity index (χ1n) is 5.79. The van der Waals surface area contributed by atoms with Gasteiger partial charge in [0.15, 0.2) is 5.75 Å². The summed E-state index contributed by atoms with van der Waals surface area (Å²) in [5.41, 5.74) is 8.67. The number of anilines is 1. The first kappa shape index (κ1) is 12.9. The monoisotopic (exact) mass is 306 g/mol. The van der Waals surface area contributed by atoms with E-state index in [4.69, 9.17) is 10.5 Å². The van der Waals surface area contributed by atoms with Crippen LogP contribution in [0.15, 0.2) is 34.8 Å². The molecule has 0 saturated carbocycles. The number of benzene rings is 1. The Labute approximate surface area is 115 Å². The topological polar surface area (TPSA) is 48.1 Å². The largest absolute Gasteiger partial charge is 0.437 e. The number of ether oxygens (including phenoxy) is 1. The Kier molecular flexibility index (Phi) is 3.87. The minimum absolute atomic E-state index is 0.548. The van der Waals surface area contributed by atoms with E-state index in [1.54, 1.807) is 0 Å². The highest BCUT2D eigenvalue weighted by Gasteiger charge is 2.05. The maximum absolute atomic E-state index is 5.95. The summed E-state index contributed by atoms with van der Waals surface area (Å²) in [5, 5.41) is 0. The van der Waals surface area contributed by atoms with Crippen LogP contribution in [0.4, 0.5) is 5.69 Å². The summed E-state index contributed by atoms with van der Waals surface area (Å²) >= 11 is 3.41. The van der Waals surface area contributed by atoms with Crippen LogP contribution in [0.5, 0.6) is 11.6 Å². The van der Waals surface area contributed by atoms with Crippen molar-refractivity contribution < 1.29 is 4.74 Å². The zero-order valence-corrected chi connectivity index (χ0v) is 12.0. The third kappa shape index (κ3) is 2.82. The minimum atomic E-state index is 0.548. The summed E-state index contributed by atoms with van der Waals surface area (Å²) < 4.78 is 6.65. The normalized spacial score (nSPS) is 10.4. The van der Waals surface area contributed by atoms with Crippen LogP contribution in [0.25, 0.3) is 0 Å². The molecule has 0 aliphatic rings. The van der Waals surface area contributed by atoms with Crippen molar-refractivity contribution in [1.82, 2.24) is 4.98 Å². The Morgan fingerprint density at radius 1 is 1.28 bits per heavy atom. The maximum atomic E-state index is 5.95. The lowest BCUT2D eigenvalue weighted by Gasteiger charge is -2.09. The predicted molar refractivity (Wildman–Crippen MR) is 77.0 cm³/mol. The molecule has 1 aromatic carbocycles. The van der Waals surface area contributed by atoms with Crippen LogP contribution in [-0.4, -0.2) is 4.98 Å². The molecule has 0 fully saturated rings. The average Bonchev–Trinajstić information content (AvgIpc) is 2.36. The van der Waals surface area contributed by atoms with Gasteiger partial charge in [-0.2, -0.15) is 0 Å². The van der Waals surface area contributed by atoms with Crippen molar-refractivity contribution in [2.75, 3.05) is 5.73 Å². The van der Waals surface area contributed by atoms with Crippen molar-refractivity contribution >= 4 is 21.6 Å². The molecular formula is C14H15BrN2O. The van der Waals surface area contributed by atoms with Crippen molar-refractivity contribution in [2.24, 2.45) is 0 Å². The molecular weight excluding hydrogens is 292 g/mol. The number of pyridine rings is 1. The summed E-state index contributed by atoms with van der Waals surface area (Å²) in [6.45, 7) is 4.01. The van der Waals surface area contributed by atoms with Crippen molar-refractivity contribution in [3.63, 3.8) is 0 Å². The van der Waals surface area contributed by atoms with Crippen molar-refractivity contribution in [3.8, 4) is 11.6 Å². The number of nitrogens with two attached hydrogens (primary N) is 1. The average molecular weight is 307 g/mol. The first-order valence-corrected chi connectivity index (χ1v) is 6.59. The number of nitrogens with zero attached hydrogens (tertiary/aromatic N) is 1. The van der Waals surface area contributed by atoms with Gasteiger partial charge in [0, 0.05) is 10.5 Å². The van der Waals surface area contributed by atoms with Crippen molar-refractivity contribution in [2.45, 2.75) is 20.3 Å². The molecule has 0 spiro atoms. The fraction of sp³-hybridized carbons (Fsp3) is 0.214. The Balaban J connectivity index is 2.25. The Bertz CT molecular complexity index is 570. The zero-order valence-electron chi connectivity index (χ0n) is 10.4. The second-order valence-electron chi connectivity index (χ2n) is 4.04. The van der Waals surface area contributed by atoms with E-state index >= 15 is 0 Å². The van der Waals surface area contributed by atoms with E-state index in [1.165, 1.54) is 5.56 Å². The number of halogens is 1. The molecule has 94 valence electrons. The van der Waals surface area contributed by atoms with Gasteiger partial charge in [-0.05, 0) is 53.0 Å². The number of aryl methyl sites for hydroxylation is 2. The van der Waals surface area contributed by atoms with Crippen molar-refractivity contribution in [1.29, 1.82) is 0 Å². The van der Waals surface area contributed by atoms with Gasteiger partial charge >= 0.3 is 0 Å². The molecule has 0 radical (unpaired) electrons. The van der Waals surface area contributed by atoms with Crippen LogP contribution < -0.4 is 10.5 Å². The quantitative estimate of drug-likeness (QED) is 0.869. The highest BCUT2D eigenvalue weighted by atomic mass is 79.9. The van der Waals surface area contributed by atoms with E-state index in [0.29, 0.717) is 17.3 Å². The molecule has 3 nitrogen and oxygen atoms in total. The van der Waals surface area contributed by atoms with E-state index in [2.05, 4.69) is 27.8 Å². The lowest BCUT2D eigenvalue weighted by atomic mass is 10.1. The number of hydrogen-bond acceptors (Lipinski definition) is 3. The Morgan fingerprint density at radius 3 is 2.67 bits per heavy atom. The van der Waals surface area contributed by atoms with E-state index in [9.17, 15) is 0 Å². The van der Waals surface area contributed by atoms with E-state index in [1.807, 2.05) is 37.3 Å². The smallest absolute Gasteiger partial charge is 0.219 e. The van der Waals surface area contributed by atoms with Gasteiger partial charge in [-0.15, -0.1) is 0 Å². The maximum Gasteiger partial charge on any atom is 0.219 e. The molecule has 1 aromatic heterocycles. The molecule has 0 aliphatic carbocycles. The summed E-state index contributed by atoms with van der Waals surface area (Å²) in [7, 11) is 0. The number of nitrogen functional groups attached to an aromatic ring is 1. The van der Waals surface area contributed by atoms with Crippen LogP contribution in [0.1, 0.15) is 18.2 Å². The van der Waals surface area contributed by atoms with Gasteiger partial charge in [0.05, 0.1) is 11.4 Å². The van der Waals surface area contributed by atoms with Crippen molar-refractivity contribution in [3.05, 3.63) is 46.1 Å². The lowest BCUT2D eigenvalue weighted by molar-refractivity contribution is 0.463. The third-order valence-electron chi connectivity index (χ3n) is 2.69. The van der Waals surface area contributed by atoms with Crippen LogP contribution in [-0.2, 0) is 6.42 Å². The van der Waals surface area contributed by atoms with E-state index in [-0.39, 0.29) is 0 Å². The van der Waals surface area contributed by atoms with Gasteiger partial charge < -0.3 is 10.5 Å². The molecule has 0 amide bonds. The highest BCUT2D eigenvalue weighted by Crippen LogP contribution is 2.28. The summed E-state index contributed by atoms with van der Waals surface area (Å²) in [6, 6.07) is 9.55. The molecule has 0 aliphatic heterocycles. The van der Waals surface area contributed by atoms with Crippen LogP contribution >= 0.6 is 15.9 Å². The van der Waals surface area contributed by atoms with Gasteiger partial charge in [0.2, 0.25) is 5.88 Å². The second kappa shape index (κ2) is 5.40. The molecule has 2 N–H and O–H groups in total. The second-order valence-corrected chi connectivity index (χ2v) is 4.90. The van der Waals surface area contributed by atoms with Gasteiger partial charge in [0.1, 0.15) is 0 Å². The molecule has 0 atom stereocenters. The van der Waals surface area contributed by atoms with Gasteiger partial charge in [-0.1, -0.05) is 13.0 Å². The fourth-order valence-electron chi connectivity index (χ4n) is 1.60. The molecule has 0 unspecified atom stereocenters. The third-order valence-corrected chi connectivity index (χ3v) is 3.53.